The van der Waals surface area contributed by atoms with E-state index in [0.717, 1.165) is 31.0 Å². The number of anilines is 1. The largest absolute Gasteiger partial charge is 0.383 e. The zero-order valence-corrected chi connectivity index (χ0v) is 9.25. The second kappa shape index (κ2) is 5.60. The van der Waals surface area contributed by atoms with Crippen molar-refractivity contribution in [3.8, 4) is 0 Å². The van der Waals surface area contributed by atoms with Crippen molar-refractivity contribution in [1.29, 1.82) is 0 Å². The van der Waals surface area contributed by atoms with Crippen LogP contribution in [0.25, 0.3) is 0 Å². The number of rotatable bonds is 5. The first kappa shape index (κ1) is 11.0. The summed E-state index contributed by atoms with van der Waals surface area (Å²) in [6, 6.07) is 4.08. The molecule has 3 heteroatoms. The van der Waals surface area contributed by atoms with E-state index < -0.39 is 0 Å². The van der Waals surface area contributed by atoms with Crippen LogP contribution in [0.5, 0.6) is 0 Å². The monoisotopic (exact) mass is 193 g/mol. The Balaban J connectivity index is 2.28. The summed E-state index contributed by atoms with van der Waals surface area (Å²) in [5.41, 5.74) is 2.15. The van der Waals surface area contributed by atoms with Gasteiger partial charge in [-0.25, -0.2) is 0 Å². The van der Waals surface area contributed by atoms with E-state index in [1.165, 1.54) is 0 Å². The van der Waals surface area contributed by atoms with E-state index >= 15 is 0 Å². The highest BCUT2D eigenvalue weighted by Crippen LogP contribution is 2.04. The molecule has 0 saturated carbocycles. The Hall–Kier alpha value is -1.09. The summed E-state index contributed by atoms with van der Waals surface area (Å²) in [6.45, 7) is 7.27. The molecule has 0 aliphatic carbocycles. The summed E-state index contributed by atoms with van der Waals surface area (Å²) in [5.74, 6) is 0. The maximum Gasteiger partial charge on any atom is 0.0527 e. The van der Waals surface area contributed by atoms with Gasteiger partial charge < -0.3 is 10.2 Å². The average Bonchev–Trinajstić information content (AvgIpc) is 2.21. The zero-order chi connectivity index (χ0) is 10.4. The fraction of sp³-hybridized carbons (Fsp3) is 0.545. The molecule has 0 amide bonds. The first-order chi connectivity index (χ1) is 6.72. The highest BCUT2D eigenvalue weighted by Gasteiger charge is 1.94. The van der Waals surface area contributed by atoms with Crippen LogP contribution in [0, 0.1) is 6.92 Å². The second-order valence-electron chi connectivity index (χ2n) is 3.51. The van der Waals surface area contributed by atoms with Gasteiger partial charge in [-0.2, -0.15) is 0 Å². The van der Waals surface area contributed by atoms with Crippen molar-refractivity contribution in [3.05, 3.63) is 24.0 Å². The van der Waals surface area contributed by atoms with Gasteiger partial charge in [-0.05, 0) is 32.6 Å². The van der Waals surface area contributed by atoms with Gasteiger partial charge in [0, 0.05) is 18.8 Å². The lowest BCUT2D eigenvalue weighted by Gasteiger charge is -2.14. The number of hydrogen-bond acceptors (Lipinski definition) is 3. The Labute approximate surface area is 86.2 Å². The molecule has 0 spiro atoms. The van der Waals surface area contributed by atoms with E-state index in [4.69, 9.17) is 0 Å². The van der Waals surface area contributed by atoms with Crippen LogP contribution in [-0.2, 0) is 0 Å². The highest BCUT2D eigenvalue weighted by atomic mass is 15.1. The summed E-state index contributed by atoms with van der Waals surface area (Å²) in [4.78, 5) is 6.49. The summed E-state index contributed by atoms with van der Waals surface area (Å²) in [6.07, 6.45) is 1.88. The van der Waals surface area contributed by atoms with Gasteiger partial charge in [-0.15, -0.1) is 0 Å². The number of aryl methyl sites for hydroxylation is 1. The highest BCUT2D eigenvalue weighted by molar-refractivity contribution is 5.40. The molecule has 0 aromatic carbocycles. The van der Waals surface area contributed by atoms with Gasteiger partial charge in [0.25, 0.3) is 0 Å². The van der Waals surface area contributed by atoms with Gasteiger partial charge >= 0.3 is 0 Å². The van der Waals surface area contributed by atoms with Crippen molar-refractivity contribution in [1.82, 2.24) is 9.88 Å². The van der Waals surface area contributed by atoms with Crippen LogP contribution in [0.4, 0.5) is 5.69 Å². The Kier molecular flexibility index (Phi) is 4.40. The predicted octanol–water partition coefficient (Wildman–Crippen LogP) is 1.75. The van der Waals surface area contributed by atoms with Crippen LogP contribution >= 0.6 is 0 Å². The van der Waals surface area contributed by atoms with Crippen LogP contribution in [0.3, 0.4) is 0 Å². The molecule has 0 unspecified atom stereocenters. The smallest absolute Gasteiger partial charge is 0.0527 e. The number of likely N-dealkylation sites (N-methyl/N-ethyl adjacent to an activating group) is 1. The Morgan fingerprint density at radius 3 is 2.79 bits per heavy atom. The third-order valence-electron chi connectivity index (χ3n) is 2.27. The molecule has 0 aliphatic heterocycles. The standard InChI is InChI=1S/C11H19N3/c1-4-14(3)8-7-12-11-6-5-10(2)13-9-11/h5-6,9,12H,4,7-8H2,1-3H3. The van der Waals surface area contributed by atoms with Gasteiger partial charge in [0.05, 0.1) is 11.9 Å². The summed E-state index contributed by atoms with van der Waals surface area (Å²) >= 11 is 0. The lowest BCUT2D eigenvalue weighted by atomic mass is 10.3. The van der Waals surface area contributed by atoms with Crippen LogP contribution in [0.15, 0.2) is 18.3 Å². The van der Waals surface area contributed by atoms with Crippen molar-refractivity contribution >= 4 is 5.69 Å². The van der Waals surface area contributed by atoms with Crippen molar-refractivity contribution < 1.29 is 0 Å². The molecule has 0 aliphatic rings. The third-order valence-corrected chi connectivity index (χ3v) is 2.27. The van der Waals surface area contributed by atoms with Crippen LogP contribution < -0.4 is 5.32 Å². The van der Waals surface area contributed by atoms with Gasteiger partial charge in [-0.1, -0.05) is 6.92 Å². The van der Waals surface area contributed by atoms with Gasteiger partial charge in [0.2, 0.25) is 0 Å². The van der Waals surface area contributed by atoms with Crippen molar-refractivity contribution in [2.24, 2.45) is 0 Å². The molecule has 1 aromatic rings. The van der Waals surface area contributed by atoms with Crippen molar-refractivity contribution in [2.75, 3.05) is 32.0 Å². The number of nitrogens with zero attached hydrogens (tertiary/aromatic N) is 2. The van der Waals surface area contributed by atoms with Crippen molar-refractivity contribution in [3.63, 3.8) is 0 Å². The Morgan fingerprint density at radius 1 is 1.43 bits per heavy atom. The van der Waals surface area contributed by atoms with Gasteiger partial charge in [-0.3, -0.25) is 4.98 Å². The Morgan fingerprint density at radius 2 is 2.21 bits per heavy atom. The summed E-state index contributed by atoms with van der Waals surface area (Å²) in [5, 5.41) is 3.33. The number of hydrogen-bond donors (Lipinski definition) is 1. The predicted molar refractivity (Wildman–Crippen MR) is 60.6 cm³/mol. The minimum atomic E-state index is 0.967. The van der Waals surface area contributed by atoms with Crippen LogP contribution in [0.2, 0.25) is 0 Å². The van der Waals surface area contributed by atoms with E-state index in [0.29, 0.717) is 0 Å². The topological polar surface area (TPSA) is 28.2 Å². The van der Waals surface area contributed by atoms with E-state index in [1.54, 1.807) is 0 Å². The lowest BCUT2D eigenvalue weighted by Crippen LogP contribution is -2.24. The molecule has 0 radical (unpaired) electrons. The van der Waals surface area contributed by atoms with E-state index in [2.05, 4.69) is 35.2 Å². The average molecular weight is 193 g/mol. The van der Waals surface area contributed by atoms with Crippen molar-refractivity contribution in [2.45, 2.75) is 13.8 Å². The lowest BCUT2D eigenvalue weighted by molar-refractivity contribution is 0.367. The molecule has 14 heavy (non-hydrogen) atoms. The second-order valence-corrected chi connectivity index (χ2v) is 3.51. The molecule has 78 valence electrons. The molecule has 1 N–H and O–H groups in total. The first-order valence-electron chi connectivity index (χ1n) is 5.07. The third kappa shape index (κ3) is 3.75. The molecular weight excluding hydrogens is 174 g/mol. The number of aromatic nitrogens is 1. The number of nitrogens with one attached hydrogen (secondary N) is 1. The molecule has 0 atom stereocenters. The zero-order valence-electron chi connectivity index (χ0n) is 9.25. The fourth-order valence-corrected chi connectivity index (χ4v) is 1.12. The molecule has 1 heterocycles. The fourth-order valence-electron chi connectivity index (χ4n) is 1.12. The molecule has 0 saturated heterocycles. The normalized spacial score (nSPS) is 10.6. The first-order valence-corrected chi connectivity index (χ1v) is 5.07. The summed E-state index contributed by atoms with van der Waals surface area (Å²) < 4.78 is 0. The molecule has 0 bridgehead atoms. The maximum absolute atomic E-state index is 4.22. The minimum Gasteiger partial charge on any atom is -0.383 e. The van der Waals surface area contributed by atoms with E-state index in [9.17, 15) is 0 Å². The molecule has 1 rings (SSSR count). The molecule has 3 nitrogen and oxygen atoms in total. The molecule has 1 aromatic heterocycles. The SMILES string of the molecule is CCN(C)CCNc1ccc(C)nc1. The van der Waals surface area contributed by atoms with Gasteiger partial charge in [0.15, 0.2) is 0 Å². The van der Waals surface area contributed by atoms with Crippen LogP contribution in [0.1, 0.15) is 12.6 Å². The van der Waals surface area contributed by atoms with E-state index in [-0.39, 0.29) is 0 Å². The van der Waals surface area contributed by atoms with E-state index in [1.807, 2.05) is 19.2 Å². The molecule has 0 fully saturated rings. The number of pyridine rings is 1. The molecular formula is C11H19N3. The Bertz CT molecular complexity index is 256. The van der Waals surface area contributed by atoms with Gasteiger partial charge in [0.1, 0.15) is 0 Å². The maximum atomic E-state index is 4.22. The van der Waals surface area contributed by atoms with Crippen LogP contribution in [-0.4, -0.2) is 36.6 Å². The quantitative estimate of drug-likeness (QED) is 0.772. The summed E-state index contributed by atoms with van der Waals surface area (Å²) in [7, 11) is 2.12. The minimum absolute atomic E-state index is 0.967.